The normalized spacial score (nSPS) is 24.8. The summed E-state index contributed by atoms with van der Waals surface area (Å²) in [5.41, 5.74) is -0.641. The van der Waals surface area contributed by atoms with Crippen LogP contribution in [0.1, 0.15) is 64.7 Å². The molecular formula is C16H27NO3. The molecule has 0 bridgehead atoms. The largest absolute Gasteiger partial charge is 0.481 e. The highest BCUT2D eigenvalue weighted by Crippen LogP contribution is 2.33. The van der Waals surface area contributed by atoms with E-state index in [9.17, 15) is 14.7 Å². The van der Waals surface area contributed by atoms with Crippen LogP contribution in [0.5, 0.6) is 0 Å². The van der Waals surface area contributed by atoms with Gasteiger partial charge in [-0.25, -0.2) is 0 Å². The summed E-state index contributed by atoms with van der Waals surface area (Å²) in [4.78, 5) is 25.7. The predicted octanol–water partition coefficient (Wildman–Crippen LogP) is 3.06. The van der Waals surface area contributed by atoms with Gasteiger partial charge in [-0.2, -0.15) is 0 Å². The van der Waals surface area contributed by atoms with Crippen molar-refractivity contribution in [2.45, 2.75) is 64.7 Å². The molecule has 0 radical (unpaired) electrons. The number of aliphatic carboxylic acids is 1. The molecule has 4 heteroatoms. The van der Waals surface area contributed by atoms with Crippen LogP contribution in [0.15, 0.2) is 0 Å². The lowest BCUT2D eigenvalue weighted by Crippen LogP contribution is -2.47. The Labute approximate surface area is 121 Å². The first-order valence-corrected chi connectivity index (χ1v) is 8.05. The van der Waals surface area contributed by atoms with Gasteiger partial charge >= 0.3 is 5.97 Å². The lowest BCUT2D eigenvalue weighted by molar-refractivity contribution is -0.153. The van der Waals surface area contributed by atoms with Crippen molar-refractivity contribution in [1.29, 1.82) is 0 Å². The number of carbonyl (C=O) groups excluding carboxylic acids is 1. The Kier molecular flexibility index (Phi) is 5.06. The summed E-state index contributed by atoms with van der Waals surface area (Å²) in [7, 11) is 0. The van der Waals surface area contributed by atoms with Gasteiger partial charge in [0, 0.05) is 19.0 Å². The third-order valence-electron chi connectivity index (χ3n) is 5.15. The molecule has 0 aromatic heterocycles. The fourth-order valence-electron chi connectivity index (χ4n) is 3.40. The number of hydrogen-bond acceptors (Lipinski definition) is 2. The maximum absolute atomic E-state index is 12.6. The second kappa shape index (κ2) is 6.59. The van der Waals surface area contributed by atoms with Gasteiger partial charge in [-0.15, -0.1) is 0 Å². The van der Waals surface area contributed by atoms with Gasteiger partial charge in [0.05, 0.1) is 5.41 Å². The summed E-state index contributed by atoms with van der Waals surface area (Å²) < 4.78 is 0. The molecular weight excluding hydrogens is 254 g/mol. The minimum absolute atomic E-state index is 0.185. The van der Waals surface area contributed by atoms with Gasteiger partial charge in [-0.3, -0.25) is 9.59 Å². The molecule has 1 saturated heterocycles. The molecule has 1 heterocycles. The van der Waals surface area contributed by atoms with Crippen LogP contribution in [0.3, 0.4) is 0 Å². The lowest BCUT2D eigenvalue weighted by atomic mass is 9.80. The van der Waals surface area contributed by atoms with Gasteiger partial charge in [0.15, 0.2) is 0 Å². The van der Waals surface area contributed by atoms with Crippen LogP contribution in [0.4, 0.5) is 0 Å². The number of nitrogens with zero attached hydrogens (tertiary/aromatic N) is 1. The summed E-state index contributed by atoms with van der Waals surface area (Å²) in [6.45, 7) is 3.02. The smallest absolute Gasteiger partial charge is 0.309 e. The third kappa shape index (κ3) is 3.53. The van der Waals surface area contributed by atoms with Crippen LogP contribution in [0, 0.1) is 11.3 Å². The highest BCUT2D eigenvalue weighted by Gasteiger charge is 2.39. The zero-order valence-electron chi connectivity index (χ0n) is 12.6. The van der Waals surface area contributed by atoms with E-state index in [2.05, 4.69) is 0 Å². The molecule has 0 unspecified atom stereocenters. The number of rotatable bonds is 2. The van der Waals surface area contributed by atoms with E-state index in [0.717, 1.165) is 25.7 Å². The van der Waals surface area contributed by atoms with Crippen molar-refractivity contribution in [1.82, 2.24) is 4.90 Å². The highest BCUT2D eigenvalue weighted by molar-refractivity contribution is 5.80. The van der Waals surface area contributed by atoms with Gasteiger partial charge in [-0.1, -0.05) is 32.1 Å². The van der Waals surface area contributed by atoms with E-state index in [1.165, 1.54) is 19.3 Å². The van der Waals surface area contributed by atoms with Crippen LogP contribution in [-0.2, 0) is 9.59 Å². The van der Waals surface area contributed by atoms with E-state index >= 15 is 0 Å². The SMILES string of the molecule is CC1(C(=O)O)CCN(C(=O)C2CCCCCCC2)CC1. The average molecular weight is 281 g/mol. The lowest BCUT2D eigenvalue weighted by Gasteiger charge is -2.38. The molecule has 114 valence electrons. The summed E-state index contributed by atoms with van der Waals surface area (Å²) in [5.74, 6) is -0.264. The molecule has 2 aliphatic rings. The van der Waals surface area contributed by atoms with Gasteiger partial charge in [0.1, 0.15) is 0 Å². The fourth-order valence-corrected chi connectivity index (χ4v) is 3.40. The Morgan fingerprint density at radius 2 is 1.50 bits per heavy atom. The monoisotopic (exact) mass is 281 g/mol. The Morgan fingerprint density at radius 3 is 2.00 bits per heavy atom. The van der Waals surface area contributed by atoms with E-state index in [4.69, 9.17) is 0 Å². The van der Waals surface area contributed by atoms with Crippen LogP contribution < -0.4 is 0 Å². The standard InChI is InChI=1S/C16H27NO3/c1-16(15(19)20)9-11-17(12-10-16)14(18)13-7-5-3-2-4-6-8-13/h13H,2-12H2,1H3,(H,19,20). The zero-order chi connectivity index (χ0) is 14.6. The Balaban J connectivity index is 1.88. The molecule has 0 spiro atoms. The Hall–Kier alpha value is -1.06. The predicted molar refractivity (Wildman–Crippen MR) is 77.4 cm³/mol. The van der Waals surface area contributed by atoms with Crippen LogP contribution >= 0.6 is 0 Å². The highest BCUT2D eigenvalue weighted by atomic mass is 16.4. The minimum atomic E-state index is -0.726. The molecule has 2 rings (SSSR count). The number of amides is 1. The number of piperidine rings is 1. The molecule has 1 amide bonds. The van der Waals surface area contributed by atoms with Crippen molar-refractivity contribution in [3.8, 4) is 0 Å². The first-order chi connectivity index (χ1) is 9.53. The molecule has 0 atom stereocenters. The van der Waals surface area contributed by atoms with Crippen molar-refractivity contribution >= 4 is 11.9 Å². The van der Waals surface area contributed by atoms with Gasteiger partial charge in [0.25, 0.3) is 0 Å². The van der Waals surface area contributed by atoms with Crippen LogP contribution in [-0.4, -0.2) is 35.0 Å². The topological polar surface area (TPSA) is 57.6 Å². The minimum Gasteiger partial charge on any atom is -0.481 e. The molecule has 0 aromatic rings. The van der Waals surface area contributed by atoms with E-state index in [1.54, 1.807) is 6.92 Å². The van der Waals surface area contributed by atoms with Crippen molar-refractivity contribution < 1.29 is 14.7 Å². The molecule has 1 N–H and O–H groups in total. The van der Waals surface area contributed by atoms with E-state index in [-0.39, 0.29) is 11.8 Å². The molecule has 20 heavy (non-hydrogen) atoms. The molecule has 1 aliphatic carbocycles. The van der Waals surface area contributed by atoms with E-state index in [0.29, 0.717) is 25.9 Å². The molecule has 2 fully saturated rings. The summed E-state index contributed by atoms with van der Waals surface area (Å²) in [6.07, 6.45) is 9.34. The second-order valence-corrected chi connectivity index (χ2v) is 6.73. The quantitative estimate of drug-likeness (QED) is 0.846. The van der Waals surface area contributed by atoms with E-state index in [1.807, 2.05) is 4.90 Å². The summed E-state index contributed by atoms with van der Waals surface area (Å²) >= 11 is 0. The van der Waals surface area contributed by atoms with Gasteiger partial charge in [-0.05, 0) is 32.6 Å². The first kappa shape index (κ1) is 15.3. The number of carboxylic acid groups (broad SMARTS) is 1. The van der Waals surface area contributed by atoms with Crippen LogP contribution in [0.25, 0.3) is 0 Å². The van der Waals surface area contributed by atoms with E-state index < -0.39 is 11.4 Å². The van der Waals surface area contributed by atoms with Crippen molar-refractivity contribution in [2.24, 2.45) is 11.3 Å². The van der Waals surface area contributed by atoms with Crippen molar-refractivity contribution in [3.63, 3.8) is 0 Å². The number of likely N-dealkylation sites (tertiary alicyclic amines) is 1. The number of hydrogen-bond donors (Lipinski definition) is 1. The Bertz CT molecular complexity index is 351. The molecule has 1 aliphatic heterocycles. The molecule has 4 nitrogen and oxygen atoms in total. The second-order valence-electron chi connectivity index (χ2n) is 6.73. The Morgan fingerprint density at radius 1 is 1.00 bits per heavy atom. The molecule has 0 aromatic carbocycles. The zero-order valence-corrected chi connectivity index (χ0v) is 12.6. The third-order valence-corrected chi connectivity index (χ3v) is 5.15. The maximum Gasteiger partial charge on any atom is 0.309 e. The maximum atomic E-state index is 12.6. The van der Waals surface area contributed by atoms with Crippen molar-refractivity contribution in [2.75, 3.05) is 13.1 Å². The van der Waals surface area contributed by atoms with Crippen LogP contribution in [0.2, 0.25) is 0 Å². The van der Waals surface area contributed by atoms with Gasteiger partial charge < -0.3 is 10.0 Å². The van der Waals surface area contributed by atoms with Gasteiger partial charge in [0.2, 0.25) is 5.91 Å². The van der Waals surface area contributed by atoms with Crippen molar-refractivity contribution in [3.05, 3.63) is 0 Å². The summed E-state index contributed by atoms with van der Waals surface area (Å²) in [5, 5.41) is 9.24. The molecule has 1 saturated carbocycles. The fraction of sp³-hybridized carbons (Fsp3) is 0.875. The summed E-state index contributed by atoms with van der Waals surface area (Å²) in [6, 6.07) is 0. The average Bonchev–Trinajstić information content (AvgIpc) is 2.38. The number of carbonyl (C=O) groups is 2. The first-order valence-electron chi connectivity index (χ1n) is 8.05. The number of carboxylic acids is 1.